The van der Waals surface area contributed by atoms with Crippen molar-refractivity contribution in [3.05, 3.63) is 95.6 Å². The number of benzene rings is 3. The Hall–Kier alpha value is -2.86. The Kier molecular flexibility index (Phi) is 7.43. The maximum absolute atomic E-state index is 10.8. The highest BCUT2D eigenvalue weighted by molar-refractivity contribution is 5.43. The smallest absolute Gasteiger partial charge is 0.161 e. The lowest BCUT2D eigenvalue weighted by Gasteiger charge is -2.40. The molecular weight excluding hydrogens is 400 g/mol. The Labute approximate surface area is 190 Å². The maximum atomic E-state index is 10.8. The van der Waals surface area contributed by atoms with Crippen LogP contribution in [0, 0.1) is 0 Å². The van der Waals surface area contributed by atoms with E-state index in [0.717, 1.165) is 31.7 Å². The summed E-state index contributed by atoms with van der Waals surface area (Å²) in [5, 5.41) is 10.8. The SMILES string of the molecule is COc1ccc([C@H](O)CN2CCN(C(c3ccccc3)c3ccccc3)CC2)cc1OC. The van der Waals surface area contributed by atoms with Gasteiger partial charge >= 0.3 is 0 Å². The minimum atomic E-state index is -0.569. The van der Waals surface area contributed by atoms with Gasteiger partial charge in [-0.2, -0.15) is 0 Å². The van der Waals surface area contributed by atoms with Crippen LogP contribution in [0.5, 0.6) is 11.5 Å². The van der Waals surface area contributed by atoms with Gasteiger partial charge in [0, 0.05) is 32.7 Å². The van der Waals surface area contributed by atoms with E-state index in [1.165, 1.54) is 11.1 Å². The van der Waals surface area contributed by atoms with Crippen molar-refractivity contribution in [3.63, 3.8) is 0 Å². The van der Waals surface area contributed by atoms with E-state index in [2.05, 4.69) is 70.5 Å². The number of nitrogens with zero attached hydrogens (tertiary/aromatic N) is 2. The van der Waals surface area contributed by atoms with Crippen LogP contribution in [0.4, 0.5) is 0 Å². The fourth-order valence-corrected chi connectivity index (χ4v) is 4.50. The number of methoxy groups -OCH3 is 2. The van der Waals surface area contributed by atoms with Crippen LogP contribution in [0.25, 0.3) is 0 Å². The molecule has 1 aliphatic rings. The molecule has 1 N–H and O–H groups in total. The summed E-state index contributed by atoms with van der Waals surface area (Å²) in [6.07, 6.45) is -0.569. The zero-order valence-corrected chi connectivity index (χ0v) is 18.9. The van der Waals surface area contributed by atoms with E-state index in [0.29, 0.717) is 18.0 Å². The van der Waals surface area contributed by atoms with Gasteiger partial charge in [-0.25, -0.2) is 0 Å². The molecule has 0 saturated carbocycles. The number of aliphatic hydroxyl groups is 1. The Morgan fingerprint density at radius 3 is 1.81 bits per heavy atom. The normalized spacial score (nSPS) is 16.1. The van der Waals surface area contributed by atoms with Gasteiger partial charge in [0.2, 0.25) is 0 Å². The van der Waals surface area contributed by atoms with Crippen molar-refractivity contribution < 1.29 is 14.6 Å². The van der Waals surface area contributed by atoms with Crippen LogP contribution in [0.15, 0.2) is 78.9 Å². The Balaban J connectivity index is 1.42. The summed E-state index contributed by atoms with van der Waals surface area (Å²) in [6, 6.07) is 27.3. The lowest BCUT2D eigenvalue weighted by molar-refractivity contribution is 0.0622. The summed E-state index contributed by atoms with van der Waals surface area (Å²) in [7, 11) is 3.23. The minimum absolute atomic E-state index is 0.246. The molecule has 3 aromatic rings. The molecule has 1 aliphatic heterocycles. The monoisotopic (exact) mass is 432 g/mol. The van der Waals surface area contributed by atoms with Gasteiger partial charge < -0.3 is 14.6 Å². The van der Waals surface area contributed by atoms with Crippen molar-refractivity contribution in [2.24, 2.45) is 0 Å². The zero-order valence-electron chi connectivity index (χ0n) is 18.9. The molecule has 32 heavy (non-hydrogen) atoms. The number of ether oxygens (including phenoxy) is 2. The molecule has 1 fully saturated rings. The number of hydrogen-bond acceptors (Lipinski definition) is 5. The van der Waals surface area contributed by atoms with Gasteiger partial charge in [0.05, 0.1) is 26.4 Å². The van der Waals surface area contributed by atoms with Crippen molar-refractivity contribution in [2.75, 3.05) is 46.9 Å². The van der Waals surface area contributed by atoms with E-state index in [1.807, 2.05) is 18.2 Å². The highest BCUT2D eigenvalue weighted by Gasteiger charge is 2.27. The molecular formula is C27H32N2O3. The Morgan fingerprint density at radius 2 is 1.28 bits per heavy atom. The molecule has 5 nitrogen and oxygen atoms in total. The van der Waals surface area contributed by atoms with E-state index in [1.54, 1.807) is 14.2 Å². The zero-order chi connectivity index (χ0) is 22.3. The highest BCUT2D eigenvalue weighted by Crippen LogP contribution is 2.32. The third kappa shape index (κ3) is 5.13. The largest absolute Gasteiger partial charge is 0.493 e. The molecule has 3 aromatic carbocycles. The minimum Gasteiger partial charge on any atom is -0.493 e. The first-order valence-corrected chi connectivity index (χ1v) is 11.2. The first kappa shape index (κ1) is 22.3. The average Bonchev–Trinajstić information content (AvgIpc) is 2.86. The molecule has 0 spiro atoms. The molecule has 0 aliphatic carbocycles. The van der Waals surface area contributed by atoms with Crippen LogP contribution in [0.1, 0.15) is 28.8 Å². The number of hydrogen-bond donors (Lipinski definition) is 1. The van der Waals surface area contributed by atoms with E-state index >= 15 is 0 Å². The van der Waals surface area contributed by atoms with Crippen LogP contribution in [0.2, 0.25) is 0 Å². The van der Waals surface area contributed by atoms with Crippen LogP contribution in [-0.4, -0.2) is 61.8 Å². The maximum Gasteiger partial charge on any atom is 0.161 e. The van der Waals surface area contributed by atoms with Crippen molar-refractivity contribution in [1.82, 2.24) is 9.80 Å². The number of piperazine rings is 1. The summed E-state index contributed by atoms with van der Waals surface area (Å²) in [5.74, 6) is 1.31. The molecule has 0 amide bonds. The van der Waals surface area contributed by atoms with Crippen molar-refractivity contribution >= 4 is 0 Å². The van der Waals surface area contributed by atoms with Crippen LogP contribution in [-0.2, 0) is 0 Å². The molecule has 168 valence electrons. The molecule has 0 bridgehead atoms. The van der Waals surface area contributed by atoms with E-state index in [9.17, 15) is 5.11 Å². The van der Waals surface area contributed by atoms with Crippen LogP contribution >= 0.6 is 0 Å². The third-order valence-corrected chi connectivity index (χ3v) is 6.23. The second-order valence-electron chi connectivity index (χ2n) is 8.19. The molecule has 1 atom stereocenters. The summed E-state index contributed by atoms with van der Waals surface area (Å²) < 4.78 is 10.7. The Bertz CT molecular complexity index is 933. The Morgan fingerprint density at radius 1 is 0.719 bits per heavy atom. The number of aliphatic hydroxyl groups excluding tert-OH is 1. The predicted molar refractivity (Wildman–Crippen MR) is 127 cm³/mol. The quantitative estimate of drug-likeness (QED) is 0.580. The summed E-state index contributed by atoms with van der Waals surface area (Å²) in [6.45, 7) is 4.34. The van der Waals surface area contributed by atoms with E-state index < -0.39 is 6.10 Å². The molecule has 4 rings (SSSR count). The van der Waals surface area contributed by atoms with Gasteiger partial charge in [0.1, 0.15) is 0 Å². The lowest BCUT2D eigenvalue weighted by atomic mass is 9.96. The molecule has 0 radical (unpaired) electrons. The van der Waals surface area contributed by atoms with Gasteiger partial charge in [-0.3, -0.25) is 9.80 Å². The fraction of sp³-hybridized carbons (Fsp3) is 0.333. The highest BCUT2D eigenvalue weighted by atomic mass is 16.5. The van der Waals surface area contributed by atoms with Crippen LogP contribution in [0.3, 0.4) is 0 Å². The number of rotatable bonds is 8. The predicted octanol–water partition coefficient (Wildman–Crippen LogP) is 4.14. The van der Waals surface area contributed by atoms with Gasteiger partial charge in [-0.15, -0.1) is 0 Å². The van der Waals surface area contributed by atoms with Gasteiger partial charge in [0.25, 0.3) is 0 Å². The summed E-state index contributed by atoms with van der Waals surface area (Å²) >= 11 is 0. The second kappa shape index (κ2) is 10.6. The molecule has 0 aromatic heterocycles. The summed E-state index contributed by atoms with van der Waals surface area (Å²) in [5.41, 5.74) is 3.48. The summed E-state index contributed by atoms with van der Waals surface area (Å²) in [4.78, 5) is 4.88. The standard InChI is InChI=1S/C27H32N2O3/c1-31-25-14-13-23(19-26(25)32-2)24(30)20-28-15-17-29(18-16-28)27(21-9-5-3-6-10-21)22-11-7-4-8-12-22/h3-14,19,24,27,30H,15-18,20H2,1-2H3/t24-/m1/s1. The van der Waals surface area contributed by atoms with Crippen molar-refractivity contribution in [2.45, 2.75) is 12.1 Å². The van der Waals surface area contributed by atoms with Gasteiger partial charge in [-0.05, 0) is 28.8 Å². The molecule has 1 heterocycles. The third-order valence-electron chi connectivity index (χ3n) is 6.23. The first-order valence-electron chi connectivity index (χ1n) is 11.2. The molecule has 1 saturated heterocycles. The molecule has 5 heteroatoms. The van der Waals surface area contributed by atoms with E-state index in [-0.39, 0.29) is 6.04 Å². The lowest BCUT2D eigenvalue weighted by Crippen LogP contribution is -2.48. The second-order valence-corrected chi connectivity index (χ2v) is 8.19. The molecule has 0 unspecified atom stereocenters. The topological polar surface area (TPSA) is 45.2 Å². The first-order chi connectivity index (χ1) is 15.7. The van der Waals surface area contributed by atoms with Crippen molar-refractivity contribution in [1.29, 1.82) is 0 Å². The van der Waals surface area contributed by atoms with Crippen molar-refractivity contribution in [3.8, 4) is 11.5 Å². The fourth-order valence-electron chi connectivity index (χ4n) is 4.50. The number of β-amino-alcohol motifs (C(OH)–C–C–N with tert-alkyl or cyclic N) is 1. The van der Waals surface area contributed by atoms with E-state index in [4.69, 9.17) is 9.47 Å². The van der Waals surface area contributed by atoms with Gasteiger partial charge in [-0.1, -0.05) is 66.7 Å². The van der Waals surface area contributed by atoms with Crippen LogP contribution < -0.4 is 9.47 Å². The average molecular weight is 433 g/mol. The van der Waals surface area contributed by atoms with Gasteiger partial charge in [0.15, 0.2) is 11.5 Å².